The number of para-hydroxylation sites is 2. The number of carbonyl (C=O) groups is 3. The Balaban J connectivity index is 1.38. The third kappa shape index (κ3) is 7.61. The monoisotopic (exact) mass is 632 g/mol. The van der Waals surface area contributed by atoms with Crippen LogP contribution in [0.3, 0.4) is 0 Å². The fourth-order valence-electron chi connectivity index (χ4n) is 3.52. The molecule has 14 heteroatoms. The minimum Gasteiger partial charge on any atom is -0.495 e. The van der Waals surface area contributed by atoms with Crippen molar-refractivity contribution >= 4 is 86.8 Å². The number of carbonyl (C=O) groups excluding carboxylic acids is 3. The fraction of sp³-hybridized carbons (Fsp3) is 0.111. The molecule has 3 aromatic rings. The lowest BCUT2D eigenvalue weighted by Crippen LogP contribution is -2.46. The summed E-state index contributed by atoms with van der Waals surface area (Å²) in [4.78, 5) is 38.1. The van der Waals surface area contributed by atoms with E-state index in [9.17, 15) is 14.4 Å². The molecule has 0 spiro atoms. The summed E-state index contributed by atoms with van der Waals surface area (Å²) >= 11 is 18.2. The Labute approximate surface area is 254 Å². The Kier molecular flexibility index (Phi) is 9.95. The third-order valence-electron chi connectivity index (χ3n) is 5.41. The number of nitrogens with zero attached hydrogens (tertiary/aromatic N) is 1. The third-order valence-corrected chi connectivity index (χ3v) is 7.45. The van der Waals surface area contributed by atoms with Crippen LogP contribution in [0.2, 0.25) is 10.0 Å². The maximum absolute atomic E-state index is 13.0. The fourth-order valence-corrected chi connectivity index (χ4v) is 5.00. The molecule has 0 radical (unpaired) electrons. The zero-order valence-corrected chi connectivity index (χ0v) is 24.7. The molecule has 0 unspecified atom stereocenters. The van der Waals surface area contributed by atoms with Crippen molar-refractivity contribution in [2.24, 2.45) is 0 Å². The van der Waals surface area contributed by atoms with Gasteiger partial charge in [-0.3, -0.25) is 9.59 Å². The molecule has 4 rings (SSSR count). The Bertz CT molecular complexity index is 1550. The van der Waals surface area contributed by atoms with Gasteiger partial charge in [-0.2, -0.15) is 5.01 Å². The first-order valence-electron chi connectivity index (χ1n) is 11.7. The molecule has 1 heterocycles. The second-order valence-corrected chi connectivity index (χ2v) is 10.6. The summed E-state index contributed by atoms with van der Waals surface area (Å²) in [5, 5.41) is 6.86. The zero-order valence-electron chi connectivity index (χ0n) is 21.5. The molecule has 0 atom stereocenters. The molecule has 1 aliphatic heterocycles. The van der Waals surface area contributed by atoms with E-state index in [2.05, 4.69) is 16.1 Å². The van der Waals surface area contributed by atoms with Crippen LogP contribution in [0, 0.1) is 0 Å². The molecule has 212 valence electrons. The van der Waals surface area contributed by atoms with Crippen LogP contribution >= 0.6 is 47.2 Å². The number of urea groups is 1. The number of amides is 4. The van der Waals surface area contributed by atoms with Crippen LogP contribution < -0.4 is 30.3 Å². The molecule has 41 heavy (non-hydrogen) atoms. The Hall–Kier alpha value is -3.97. The first kappa shape index (κ1) is 30.0. The van der Waals surface area contributed by atoms with E-state index in [4.69, 9.17) is 49.6 Å². The number of thiocarbonyl (C=S) groups is 1. The van der Waals surface area contributed by atoms with Crippen LogP contribution in [0.25, 0.3) is 6.08 Å². The predicted molar refractivity (Wildman–Crippen MR) is 164 cm³/mol. The second-order valence-electron chi connectivity index (χ2n) is 8.16. The van der Waals surface area contributed by atoms with Crippen molar-refractivity contribution in [1.82, 2.24) is 10.4 Å². The molecular weight excluding hydrogens is 611 g/mol. The highest BCUT2D eigenvalue weighted by Gasteiger charge is 2.33. The molecule has 1 fully saturated rings. The van der Waals surface area contributed by atoms with Gasteiger partial charge in [0.05, 0.1) is 34.9 Å². The van der Waals surface area contributed by atoms with E-state index in [1.54, 1.807) is 54.6 Å². The average molecular weight is 634 g/mol. The number of methoxy groups -OCH3 is 2. The molecule has 10 nitrogen and oxygen atoms in total. The van der Waals surface area contributed by atoms with Gasteiger partial charge in [0.2, 0.25) is 0 Å². The van der Waals surface area contributed by atoms with Crippen molar-refractivity contribution < 1.29 is 28.6 Å². The van der Waals surface area contributed by atoms with Crippen LogP contribution in [-0.2, 0) is 9.59 Å². The van der Waals surface area contributed by atoms with Gasteiger partial charge in [-0.05, 0) is 66.3 Å². The van der Waals surface area contributed by atoms with Gasteiger partial charge in [0, 0.05) is 5.69 Å². The minimum absolute atomic E-state index is 0.138. The van der Waals surface area contributed by atoms with Gasteiger partial charge >= 0.3 is 6.03 Å². The van der Waals surface area contributed by atoms with Gasteiger partial charge in [-0.25, -0.2) is 10.2 Å². The molecule has 4 amide bonds. The van der Waals surface area contributed by atoms with E-state index in [1.165, 1.54) is 26.4 Å². The van der Waals surface area contributed by atoms with Crippen molar-refractivity contribution in [3.63, 3.8) is 0 Å². The Morgan fingerprint density at radius 1 is 0.951 bits per heavy atom. The summed E-state index contributed by atoms with van der Waals surface area (Å²) < 4.78 is 16.4. The highest BCUT2D eigenvalue weighted by atomic mass is 35.5. The maximum Gasteiger partial charge on any atom is 0.338 e. The van der Waals surface area contributed by atoms with Crippen LogP contribution in [0.5, 0.6) is 17.2 Å². The number of halogens is 2. The predicted octanol–water partition coefficient (Wildman–Crippen LogP) is 5.97. The summed E-state index contributed by atoms with van der Waals surface area (Å²) in [7, 11) is 2.97. The van der Waals surface area contributed by atoms with Gasteiger partial charge in [-0.1, -0.05) is 53.2 Å². The second kappa shape index (κ2) is 13.6. The Morgan fingerprint density at radius 3 is 2.44 bits per heavy atom. The van der Waals surface area contributed by atoms with Crippen molar-refractivity contribution in [1.29, 1.82) is 0 Å². The van der Waals surface area contributed by atoms with Gasteiger partial charge in [0.25, 0.3) is 11.8 Å². The lowest BCUT2D eigenvalue weighted by atomic mass is 10.2. The summed E-state index contributed by atoms with van der Waals surface area (Å²) in [5.74, 6) is 0.290. The van der Waals surface area contributed by atoms with Crippen LogP contribution in [0.15, 0.2) is 65.6 Å². The van der Waals surface area contributed by atoms with E-state index < -0.39 is 11.9 Å². The number of ether oxygens (including phenoxy) is 3. The number of hydrazine groups is 1. The van der Waals surface area contributed by atoms with Gasteiger partial charge in [0.1, 0.15) is 5.75 Å². The smallest absolute Gasteiger partial charge is 0.338 e. The minimum atomic E-state index is -0.696. The van der Waals surface area contributed by atoms with Crippen LogP contribution in [0.1, 0.15) is 5.56 Å². The van der Waals surface area contributed by atoms with Crippen molar-refractivity contribution in [3.05, 3.63) is 81.2 Å². The Morgan fingerprint density at radius 2 is 1.71 bits per heavy atom. The molecule has 3 aromatic carbocycles. The molecule has 0 saturated carbocycles. The normalized spacial score (nSPS) is 13.7. The average Bonchev–Trinajstić information content (AvgIpc) is 3.21. The van der Waals surface area contributed by atoms with Crippen LogP contribution in [-0.4, -0.2) is 48.0 Å². The van der Waals surface area contributed by atoms with Gasteiger partial charge in [-0.15, -0.1) is 0 Å². The van der Waals surface area contributed by atoms with E-state index in [1.807, 2.05) is 0 Å². The van der Waals surface area contributed by atoms with Crippen LogP contribution in [0.4, 0.5) is 16.2 Å². The molecular formula is C27H22Cl2N4O6S2. The lowest BCUT2D eigenvalue weighted by Gasteiger charge is -2.16. The highest BCUT2D eigenvalue weighted by molar-refractivity contribution is 8.26. The number of nitrogens with one attached hydrogen (secondary N) is 3. The van der Waals surface area contributed by atoms with Gasteiger partial charge in [0.15, 0.2) is 22.4 Å². The largest absolute Gasteiger partial charge is 0.495 e. The molecule has 1 aliphatic rings. The quantitative estimate of drug-likeness (QED) is 0.195. The molecule has 0 bridgehead atoms. The summed E-state index contributed by atoms with van der Waals surface area (Å²) in [5.41, 5.74) is 3.93. The number of hydrogen-bond donors (Lipinski definition) is 3. The molecule has 1 saturated heterocycles. The summed E-state index contributed by atoms with van der Waals surface area (Å²) in [6, 6.07) is 15.8. The molecule has 0 aliphatic carbocycles. The SMILES string of the molecule is COc1ccccc1NC(=O)COc1ccc(/C=C2\SC(=S)N(NC(=O)Nc3ccc(Cl)c(Cl)c3)C2=O)cc1OC. The summed E-state index contributed by atoms with van der Waals surface area (Å²) in [6.07, 6.45) is 1.60. The number of hydrogen-bond acceptors (Lipinski definition) is 8. The van der Waals surface area contributed by atoms with Crippen molar-refractivity contribution in [2.75, 3.05) is 31.5 Å². The lowest BCUT2D eigenvalue weighted by molar-refractivity contribution is -0.123. The standard InChI is InChI=1S/C27H22Cl2N4O6S2/c1-37-20-6-4-3-5-19(20)31-24(34)14-39-21-10-7-15(11-22(21)38-2)12-23-25(35)33(27(40)41-23)32-26(36)30-16-8-9-17(28)18(29)13-16/h3-13H,14H2,1-2H3,(H,31,34)(H2,30,32,36)/b23-12-. The number of rotatable bonds is 9. The summed E-state index contributed by atoms with van der Waals surface area (Å²) in [6.45, 7) is -0.275. The molecule has 3 N–H and O–H groups in total. The number of thioether (sulfide) groups is 1. The van der Waals surface area contributed by atoms with E-state index in [0.29, 0.717) is 39.2 Å². The van der Waals surface area contributed by atoms with E-state index in [-0.39, 0.29) is 26.8 Å². The number of benzene rings is 3. The van der Waals surface area contributed by atoms with E-state index >= 15 is 0 Å². The molecule has 0 aromatic heterocycles. The highest BCUT2D eigenvalue weighted by Crippen LogP contribution is 2.34. The first-order valence-corrected chi connectivity index (χ1v) is 13.7. The first-order chi connectivity index (χ1) is 19.7. The maximum atomic E-state index is 13.0. The zero-order chi connectivity index (χ0) is 29.5. The number of anilines is 2. The topological polar surface area (TPSA) is 118 Å². The van der Waals surface area contributed by atoms with Crippen molar-refractivity contribution in [2.45, 2.75) is 0 Å². The van der Waals surface area contributed by atoms with Crippen molar-refractivity contribution in [3.8, 4) is 17.2 Å². The van der Waals surface area contributed by atoms with E-state index in [0.717, 1.165) is 16.8 Å². The van der Waals surface area contributed by atoms with Gasteiger partial charge < -0.3 is 24.8 Å².